The summed E-state index contributed by atoms with van der Waals surface area (Å²) in [6.07, 6.45) is 5.54. The molecular formula is C15H20N2O. The van der Waals surface area contributed by atoms with Gasteiger partial charge in [0.15, 0.2) is 0 Å². The van der Waals surface area contributed by atoms with E-state index in [0.29, 0.717) is 12.1 Å². The summed E-state index contributed by atoms with van der Waals surface area (Å²) in [7, 11) is 0. The van der Waals surface area contributed by atoms with Crippen molar-refractivity contribution < 1.29 is 4.79 Å². The minimum Gasteiger partial charge on any atom is -0.372 e. The molecule has 96 valence electrons. The van der Waals surface area contributed by atoms with Gasteiger partial charge in [-0.15, -0.1) is 6.58 Å². The third kappa shape index (κ3) is 3.13. The lowest BCUT2D eigenvalue weighted by molar-refractivity contribution is 0.0958. The number of carbonyl (C=O) groups excluding carboxylic acids is 1. The van der Waals surface area contributed by atoms with Crippen LogP contribution in [-0.4, -0.2) is 25.5 Å². The quantitative estimate of drug-likeness (QED) is 0.826. The molecule has 1 saturated heterocycles. The van der Waals surface area contributed by atoms with E-state index in [1.54, 1.807) is 6.08 Å². The summed E-state index contributed by atoms with van der Waals surface area (Å²) in [5, 5.41) is 2.78. The van der Waals surface area contributed by atoms with E-state index in [9.17, 15) is 4.79 Å². The molecule has 1 aromatic carbocycles. The van der Waals surface area contributed by atoms with Crippen LogP contribution < -0.4 is 10.2 Å². The molecule has 1 aliphatic heterocycles. The summed E-state index contributed by atoms with van der Waals surface area (Å²) in [5.74, 6) is -0.0416. The summed E-state index contributed by atoms with van der Waals surface area (Å²) in [6, 6.07) is 7.85. The molecule has 1 aliphatic rings. The van der Waals surface area contributed by atoms with Gasteiger partial charge < -0.3 is 10.2 Å². The van der Waals surface area contributed by atoms with Gasteiger partial charge in [-0.3, -0.25) is 4.79 Å². The van der Waals surface area contributed by atoms with Gasteiger partial charge in [0.05, 0.1) is 0 Å². The van der Waals surface area contributed by atoms with Gasteiger partial charge >= 0.3 is 0 Å². The van der Waals surface area contributed by atoms with E-state index in [2.05, 4.69) is 16.8 Å². The number of hydrogen-bond donors (Lipinski definition) is 1. The van der Waals surface area contributed by atoms with Crippen LogP contribution in [-0.2, 0) is 0 Å². The Kier molecular flexibility index (Phi) is 4.40. The Hall–Kier alpha value is -1.77. The number of carbonyl (C=O) groups is 1. The molecule has 0 radical (unpaired) electrons. The van der Waals surface area contributed by atoms with Crippen LogP contribution >= 0.6 is 0 Å². The Morgan fingerprint density at radius 3 is 2.50 bits per heavy atom. The van der Waals surface area contributed by atoms with E-state index >= 15 is 0 Å². The summed E-state index contributed by atoms with van der Waals surface area (Å²) in [4.78, 5) is 14.1. The molecule has 0 unspecified atom stereocenters. The number of nitrogens with one attached hydrogen (secondary N) is 1. The Bertz CT molecular complexity index is 405. The SMILES string of the molecule is C=CCNC(=O)c1ccc(N2CCCCC2)cc1. The van der Waals surface area contributed by atoms with Crippen molar-refractivity contribution in [3.63, 3.8) is 0 Å². The normalized spacial score (nSPS) is 15.2. The van der Waals surface area contributed by atoms with Crippen LogP contribution in [0, 0.1) is 0 Å². The molecule has 0 bridgehead atoms. The van der Waals surface area contributed by atoms with E-state index in [-0.39, 0.29) is 5.91 Å². The van der Waals surface area contributed by atoms with Crippen LogP contribution in [0.4, 0.5) is 5.69 Å². The van der Waals surface area contributed by atoms with Gasteiger partial charge in [0.25, 0.3) is 5.91 Å². The molecule has 3 nitrogen and oxygen atoms in total. The molecule has 1 aromatic rings. The highest BCUT2D eigenvalue weighted by molar-refractivity contribution is 5.94. The lowest BCUT2D eigenvalue weighted by atomic mass is 10.1. The lowest BCUT2D eigenvalue weighted by Gasteiger charge is -2.28. The summed E-state index contributed by atoms with van der Waals surface area (Å²) in [5.41, 5.74) is 1.92. The van der Waals surface area contributed by atoms with Crippen LogP contribution in [0.2, 0.25) is 0 Å². The minimum absolute atomic E-state index is 0.0416. The maximum Gasteiger partial charge on any atom is 0.251 e. The zero-order valence-electron chi connectivity index (χ0n) is 10.7. The van der Waals surface area contributed by atoms with Crippen molar-refractivity contribution >= 4 is 11.6 Å². The molecule has 0 spiro atoms. The van der Waals surface area contributed by atoms with E-state index in [1.807, 2.05) is 24.3 Å². The summed E-state index contributed by atoms with van der Waals surface area (Å²) >= 11 is 0. The first-order chi connectivity index (χ1) is 8.81. The van der Waals surface area contributed by atoms with Crippen LogP contribution in [0.1, 0.15) is 29.6 Å². The monoisotopic (exact) mass is 244 g/mol. The number of anilines is 1. The largest absolute Gasteiger partial charge is 0.372 e. The maximum atomic E-state index is 11.7. The van der Waals surface area contributed by atoms with Gasteiger partial charge in [0.1, 0.15) is 0 Å². The van der Waals surface area contributed by atoms with Gasteiger partial charge in [-0.1, -0.05) is 6.08 Å². The third-order valence-electron chi connectivity index (χ3n) is 3.26. The second-order valence-corrected chi connectivity index (χ2v) is 4.59. The first-order valence-corrected chi connectivity index (χ1v) is 6.55. The van der Waals surface area contributed by atoms with E-state index in [0.717, 1.165) is 13.1 Å². The van der Waals surface area contributed by atoms with E-state index in [1.165, 1.54) is 24.9 Å². The molecule has 18 heavy (non-hydrogen) atoms. The molecule has 0 atom stereocenters. The maximum absolute atomic E-state index is 11.7. The molecule has 1 amide bonds. The Labute approximate surface area is 108 Å². The average molecular weight is 244 g/mol. The Morgan fingerprint density at radius 2 is 1.89 bits per heavy atom. The van der Waals surface area contributed by atoms with Crippen molar-refractivity contribution in [2.24, 2.45) is 0 Å². The smallest absolute Gasteiger partial charge is 0.251 e. The van der Waals surface area contributed by atoms with Gasteiger partial charge in [0.2, 0.25) is 0 Å². The summed E-state index contributed by atoms with van der Waals surface area (Å²) < 4.78 is 0. The van der Waals surface area contributed by atoms with E-state index < -0.39 is 0 Å². The van der Waals surface area contributed by atoms with Crippen LogP contribution in [0.3, 0.4) is 0 Å². The molecule has 1 N–H and O–H groups in total. The number of amides is 1. The van der Waals surface area contributed by atoms with Crippen LogP contribution in [0.15, 0.2) is 36.9 Å². The van der Waals surface area contributed by atoms with Crippen molar-refractivity contribution in [2.45, 2.75) is 19.3 Å². The fourth-order valence-electron chi connectivity index (χ4n) is 2.24. The van der Waals surface area contributed by atoms with Crippen molar-refractivity contribution in [1.29, 1.82) is 0 Å². The van der Waals surface area contributed by atoms with E-state index in [4.69, 9.17) is 0 Å². The zero-order chi connectivity index (χ0) is 12.8. The van der Waals surface area contributed by atoms with Crippen molar-refractivity contribution in [1.82, 2.24) is 5.32 Å². The molecule has 2 rings (SSSR count). The predicted molar refractivity (Wildman–Crippen MR) is 75.0 cm³/mol. The minimum atomic E-state index is -0.0416. The molecule has 3 heteroatoms. The molecule has 0 aliphatic carbocycles. The highest BCUT2D eigenvalue weighted by Gasteiger charge is 2.11. The molecular weight excluding hydrogens is 224 g/mol. The Morgan fingerprint density at radius 1 is 1.22 bits per heavy atom. The lowest BCUT2D eigenvalue weighted by Crippen LogP contribution is -2.29. The third-order valence-corrected chi connectivity index (χ3v) is 3.26. The number of hydrogen-bond acceptors (Lipinski definition) is 2. The predicted octanol–water partition coefficient (Wildman–Crippen LogP) is 2.59. The van der Waals surface area contributed by atoms with Crippen LogP contribution in [0.25, 0.3) is 0 Å². The zero-order valence-corrected chi connectivity index (χ0v) is 10.7. The standard InChI is InChI=1S/C15H20N2O/c1-2-10-16-15(18)13-6-8-14(9-7-13)17-11-4-3-5-12-17/h2,6-9H,1,3-5,10-12H2,(H,16,18). The molecule has 0 aromatic heterocycles. The number of rotatable bonds is 4. The van der Waals surface area contributed by atoms with Crippen LogP contribution in [0.5, 0.6) is 0 Å². The number of piperidine rings is 1. The first kappa shape index (κ1) is 12.7. The second-order valence-electron chi connectivity index (χ2n) is 4.59. The Balaban J connectivity index is 2.00. The highest BCUT2D eigenvalue weighted by Crippen LogP contribution is 2.20. The fourth-order valence-corrected chi connectivity index (χ4v) is 2.24. The topological polar surface area (TPSA) is 32.3 Å². The molecule has 1 heterocycles. The van der Waals surface area contributed by atoms with Gasteiger partial charge in [-0.05, 0) is 43.5 Å². The van der Waals surface area contributed by atoms with Gasteiger partial charge in [-0.25, -0.2) is 0 Å². The van der Waals surface area contributed by atoms with Gasteiger partial charge in [0, 0.05) is 30.9 Å². The second kappa shape index (κ2) is 6.24. The fraction of sp³-hybridized carbons (Fsp3) is 0.400. The highest BCUT2D eigenvalue weighted by atomic mass is 16.1. The average Bonchev–Trinajstić information content (AvgIpc) is 2.46. The first-order valence-electron chi connectivity index (χ1n) is 6.55. The molecule has 0 saturated carbocycles. The van der Waals surface area contributed by atoms with Crippen molar-refractivity contribution in [2.75, 3.05) is 24.5 Å². The number of nitrogens with zero attached hydrogens (tertiary/aromatic N) is 1. The summed E-state index contributed by atoms with van der Waals surface area (Å²) in [6.45, 7) is 6.34. The van der Waals surface area contributed by atoms with Crippen molar-refractivity contribution in [3.05, 3.63) is 42.5 Å². The van der Waals surface area contributed by atoms with Gasteiger partial charge in [-0.2, -0.15) is 0 Å². The number of benzene rings is 1. The molecule has 1 fully saturated rings. The van der Waals surface area contributed by atoms with Crippen molar-refractivity contribution in [3.8, 4) is 0 Å².